The maximum Gasteiger partial charge on any atom is 0.239 e. The third-order valence-corrected chi connectivity index (χ3v) is 3.93. The predicted molar refractivity (Wildman–Crippen MR) is 70.3 cm³/mol. The van der Waals surface area contributed by atoms with E-state index in [4.69, 9.17) is 0 Å². The fourth-order valence-electron chi connectivity index (χ4n) is 2.92. The fourth-order valence-corrected chi connectivity index (χ4v) is 2.92. The standard InChI is InChI=1S/C13H25N3O2/c1-10-8-16(7-6-15(10)9-11(2)17)13(18)12-4-3-5-14-12/h10-12,14,17H,3-9H2,1-2H3. The summed E-state index contributed by atoms with van der Waals surface area (Å²) < 4.78 is 0. The van der Waals surface area contributed by atoms with Gasteiger partial charge >= 0.3 is 0 Å². The number of aliphatic hydroxyl groups is 1. The number of hydrogen-bond donors (Lipinski definition) is 2. The van der Waals surface area contributed by atoms with E-state index in [2.05, 4.69) is 17.1 Å². The number of carbonyl (C=O) groups is 1. The molecule has 0 aromatic rings. The molecule has 2 heterocycles. The molecule has 3 unspecified atom stereocenters. The lowest BCUT2D eigenvalue weighted by Crippen LogP contribution is -2.57. The molecule has 18 heavy (non-hydrogen) atoms. The third-order valence-electron chi connectivity index (χ3n) is 3.93. The van der Waals surface area contributed by atoms with Crippen molar-refractivity contribution in [2.45, 2.75) is 44.9 Å². The van der Waals surface area contributed by atoms with Gasteiger partial charge in [-0.25, -0.2) is 0 Å². The molecule has 5 nitrogen and oxygen atoms in total. The second kappa shape index (κ2) is 5.99. The van der Waals surface area contributed by atoms with Gasteiger partial charge in [0.1, 0.15) is 0 Å². The Kier molecular flexibility index (Phi) is 4.59. The van der Waals surface area contributed by atoms with E-state index in [9.17, 15) is 9.90 Å². The summed E-state index contributed by atoms with van der Waals surface area (Å²) in [7, 11) is 0. The van der Waals surface area contributed by atoms with Gasteiger partial charge in [0, 0.05) is 32.2 Å². The van der Waals surface area contributed by atoms with Crippen molar-refractivity contribution in [3.8, 4) is 0 Å². The van der Waals surface area contributed by atoms with E-state index in [0.29, 0.717) is 12.6 Å². The van der Waals surface area contributed by atoms with Crippen molar-refractivity contribution >= 4 is 5.91 Å². The van der Waals surface area contributed by atoms with Crippen LogP contribution in [0.25, 0.3) is 0 Å². The molecule has 2 aliphatic heterocycles. The largest absolute Gasteiger partial charge is 0.392 e. The van der Waals surface area contributed by atoms with Crippen LogP contribution in [-0.4, -0.2) is 71.7 Å². The van der Waals surface area contributed by atoms with Gasteiger partial charge in [0.25, 0.3) is 0 Å². The average molecular weight is 255 g/mol. The number of aliphatic hydroxyl groups excluding tert-OH is 1. The van der Waals surface area contributed by atoms with Crippen molar-refractivity contribution in [1.82, 2.24) is 15.1 Å². The lowest BCUT2D eigenvalue weighted by atomic mass is 10.1. The number of β-amino-alcohol motifs (C(OH)–C–C–N with tert-alkyl or cyclic N) is 1. The predicted octanol–water partition coefficient (Wildman–Crippen LogP) is -0.348. The van der Waals surface area contributed by atoms with Crippen LogP contribution in [0.1, 0.15) is 26.7 Å². The summed E-state index contributed by atoms with van der Waals surface area (Å²) in [6, 6.07) is 0.374. The quantitative estimate of drug-likeness (QED) is 0.724. The van der Waals surface area contributed by atoms with E-state index in [0.717, 1.165) is 39.0 Å². The maximum absolute atomic E-state index is 12.3. The van der Waals surface area contributed by atoms with Crippen molar-refractivity contribution in [2.75, 3.05) is 32.7 Å². The van der Waals surface area contributed by atoms with Gasteiger partial charge in [-0.05, 0) is 33.2 Å². The first-order chi connectivity index (χ1) is 8.58. The molecule has 2 rings (SSSR count). The van der Waals surface area contributed by atoms with Crippen LogP contribution in [0.2, 0.25) is 0 Å². The molecule has 2 saturated heterocycles. The molecule has 0 saturated carbocycles. The van der Waals surface area contributed by atoms with Gasteiger partial charge in [0.15, 0.2) is 0 Å². The van der Waals surface area contributed by atoms with E-state index < -0.39 is 0 Å². The van der Waals surface area contributed by atoms with Crippen LogP contribution >= 0.6 is 0 Å². The third kappa shape index (κ3) is 3.22. The summed E-state index contributed by atoms with van der Waals surface area (Å²) >= 11 is 0. The molecule has 2 fully saturated rings. The molecular weight excluding hydrogens is 230 g/mol. The molecule has 0 radical (unpaired) electrons. The van der Waals surface area contributed by atoms with Crippen molar-refractivity contribution in [3.05, 3.63) is 0 Å². The number of amides is 1. The highest BCUT2D eigenvalue weighted by Crippen LogP contribution is 2.14. The number of piperazine rings is 1. The Hall–Kier alpha value is -0.650. The lowest BCUT2D eigenvalue weighted by Gasteiger charge is -2.41. The summed E-state index contributed by atoms with van der Waals surface area (Å²) in [5, 5.41) is 12.7. The molecule has 2 N–H and O–H groups in total. The van der Waals surface area contributed by atoms with E-state index >= 15 is 0 Å². The summed E-state index contributed by atoms with van der Waals surface area (Å²) in [5.74, 6) is 0.260. The Labute approximate surface area is 109 Å². The Balaban J connectivity index is 1.85. The van der Waals surface area contributed by atoms with E-state index in [1.54, 1.807) is 0 Å². The average Bonchev–Trinajstić information content (AvgIpc) is 2.84. The highest BCUT2D eigenvalue weighted by Gasteiger charge is 2.31. The van der Waals surface area contributed by atoms with E-state index in [1.807, 2.05) is 11.8 Å². The fraction of sp³-hybridized carbons (Fsp3) is 0.923. The van der Waals surface area contributed by atoms with E-state index in [-0.39, 0.29) is 18.1 Å². The van der Waals surface area contributed by atoms with Crippen molar-refractivity contribution < 1.29 is 9.90 Å². The van der Waals surface area contributed by atoms with Gasteiger partial charge in [-0.2, -0.15) is 0 Å². The minimum atomic E-state index is -0.300. The van der Waals surface area contributed by atoms with Crippen LogP contribution in [0.4, 0.5) is 0 Å². The highest BCUT2D eigenvalue weighted by atomic mass is 16.3. The topological polar surface area (TPSA) is 55.8 Å². The zero-order valence-electron chi connectivity index (χ0n) is 11.4. The normalized spacial score (nSPS) is 31.6. The molecule has 0 aromatic carbocycles. The van der Waals surface area contributed by atoms with Gasteiger partial charge in [-0.3, -0.25) is 9.69 Å². The molecule has 0 aliphatic carbocycles. The summed E-state index contributed by atoms with van der Waals surface area (Å²) in [6.07, 6.45) is 1.78. The number of hydrogen-bond acceptors (Lipinski definition) is 4. The minimum absolute atomic E-state index is 0.0421. The number of nitrogens with one attached hydrogen (secondary N) is 1. The first-order valence-corrected chi connectivity index (χ1v) is 7.02. The Bertz CT molecular complexity index is 290. The first kappa shape index (κ1) is 13.8. The second-order valence-corrected chi connectivity index (χ2v) is 5.63. The molecule has 0 spiro atoms. The Morgan fingerprint density at radius 3 is 2.83 bits per heavy atom. The zero-order chi connectivity index (χ0) is 13.1. The van der Waals surface area contributed by atoms with E-state index in [1.165, 1.54) is 0 Å². The monoisotopic (exact) mass is 255 g/mol. The molecular formula is C13H25N3O2. The second-order valence-electron chi connectivity index (χ2n) is 5.63. The number of nitrogens with zero attached hydrogens (tertiary/aromatic N) is 2. The summed E-state index contributed by atoms with van der Waals surface area (Å²) in [6.45, 7) is 8.04. The van der Waals surface area contributed by atoms with Crippen LogP contribution in [-0.2, 0) is 4.79 Å². The van der Waals surface area contributed by atoms with Crippen molar-refractivity contribution in [1.29, 1.82) is 0 Å². The van der Waals surface area contributed by atoms with Crippen molar-refractivity contribution in [3.63, 3.8) is 0 Å². The number of carbonyl (C=O) groups excluding carboxylic acids is 1. The first-order valence-electron chi connectivity index (χ1n) is 7.02. The van der Waals surface area contributed by atoms with Crippen LogP contribution in [0.3, 0.4) is 0 Å². The smallest absolute Gasteiger partial charge is 0.239 e. The summed E-state index contributed by atoms with van der Waals surface area (Å²) in [4.78, 5) is 16.5. The minimum Gasteiger partial charge on any atom is -0.392 e. The zero-order valence-corrected chi connectivity index (χ0v) is 11.4. The summed E-state index contributed by atoms with van der Waals surface area (Å²) in [5.41, 5.74) is 0. The molecule has 2 aliphatic rings. The van der Waals surface area contributed by atoms with Gasteiger partial charge in [-0.15, -0.1) is 0 Å². The van der Waals surface area contributed by atoms with Crippen LogP contribution < -0.4 is 5.32 Å². The molecule has 1 amide bonds. The molecule has 0 bridgehead atoms. The molecule has 104 valence electrons. The Morgan fingerprint density at radius 2 is 2.28 bits per heavy atom. The van der Waals surface area contributed by atoms with Gasteiger partial charge in [0.05, 0.1) is 12.1 Å². The molecule has 0 aromatic heterocycles. The molecule has 3 atom stereocenters. The number of rotatable bonds is 3. The highest BCUT2D eigenvalue weighted by molar-refractivity contribution is 5.82. The molecule has 5 heteroatoms. The lowest BCUT2D eigenvalue weighted by molar-refractivity contribution is -0.136. The maximum atomic E-state index is 12.3. The van der Waals surface area contributed by atoms with Crippen molar-refractivity contribution in [2.24, 2.45) is 0 Å². The van der Waals surface area contributed by atoms with Gasteiger partial charge in [0.2, 0.25) is 5.91 Å². The van der Waals surface area contributed by atoms with Gasteiger partial charge in [-0.1, -0.05) is 0 Å². The SMILES string of the molecule is CC(O)CN1CCN(C(=O)C2CCCN2)CC1C. The Morgan fingerprint density at radius 1 is 1.50 bits per heavy atom. The van der Waals surface area contributed by atoms with Crippen LogP contribution in [0.5, 0.6) is 0 Å². The van der Waals surface area contributed by atoms with Crippen LogP contribution in [0.15, 0.2) is 0 Å². The van der Waals surface area contributed by atoms with Gasteiger partial charge < -0.3 is 15.3 Å². The van der Waals surface area contributed by atoms with Crippen LogP contribution in [0, 0.1) is 0 Å².